The molecular weight excluding hydrogens is 364 g/mol. The van der Waals surface area contributed by atoms with E-state index in [-0.39, 0.29) is 17.1 Å². The smallest absolute Gasteiger partial charge is 0.314 e. The van der Waals surface area contributed by atoms with Gasteiger partial charge < -0.3 is 21.3 Å². The van der Waals surface area contributed by atoms with Crippen molar-refractivity contribution in [2.75, 3.05) is 58.9 Å². The van der Waals surface area contributed by atoms with E-state index in [1.165, 1.54) is 0 Å². The molecule has 1 fully saturated rings. The van der Waals surface area contributed by atoms with E-state index in [4.69, 9.17) is 23.4 Å². The Bertz CT molecular complexity index is 274. The van der Waals surface area contributed by atoms with Gasteiger partial charge in [-0.25, -0.2) is 0 Å². The molecule has 1 heterocycles. The van der Waals surface area contributed by atoms with Crippen LogP contribution in [0.4, 0.5) is 0 Å². The van der Waals surface area contributed by atoms with Crippen molar-refractivity contribution in [3.63, 3.8) is 0 Å². The number of nitrogens with one attached hydrogen (secondary N) is 4. The van der Waals surface area contributed by atoms with E-state index in [0.717, 1.165) is 58.8 Å². The van der Waals surface area contributed by atoms with Crippen LogP contribution >= 0.6 is 23.4 Å². The van der Waals surface area contributed by atoms with Crippen LogP contribution in [0.2, 0.25) is 0 Å². The Labute approximate surface area is 156 Å². The molecule has 1 unspecified atom stereocenters. The molecule has 1 atom stereocenters. The van der Waals surface area contributed by atoms with E-state index >= 15 is 0 Å². The van der Waals surface area contributed by atoms with E-state index in [1.807, 2.05) is 0 Å². The Hall–Kier alpha value is 0.899. The Morgan fingerprint density at radius 3 is 1.86 bits per heavy atom. The maximum Gasteiger partial charge on any atom is 2.00 e. The first kappa shape index (κ1) is 22.9. The minimum absolute atomic E-state index is 0. The van der Waals surface area contributed by atoms with Crippen LogP contribution in [0.15, 0.2) is 0 Å². The summed E-state index contributed by atoms with van der Waals surface area (Å²) in [6.45, 7) is 12.4. The van der Waals surface area contributed by atoms with Crippen molar-refractivity contribution >= 4 is 23.4 Å². The van der Waals surface area contributed by atoms with Crippen LogP contribution in [-0.4, -0.2) is 68.3 Å². The van der Waals surface area contributed by atoms with Crippen molar-refractivity contribution in [3.8, 4) is 0 Å². The number of nitrogens with zero attached hydrogens (tertiary/aromatic N) is 1. The average molecular weight is 395 g/mol. The zero-order valence-corrected chi connectivity index (χ0v) is 16.4. The summed E-state index contributed by atoms with van der Waals surface area (Å²) in [6.07, 6.45) is 0.861. The molecule has 0 bridgehead atoms. The van der Waals surface area contributed by atoms with Gasteiger partial charge in [0.25, 0.3) is 0 Å². The fourth-order valence-electron chi connectivity index (χ4n) is 2.45. The quantitative estimate of drug-likeness (QED) is 0.241. The summed E-state index contributed by atoms with van der Waals surface area (Å²) in [5, 5.41) is 13.6. The van der Waals surface area contributed by atoms with Crippen molar-refractivity contribution < 1.29 is 17.1 Å². The summed E-state index contributed by atoms with van der Waals surface area (Å²) in [5.74, 6) is 0.503. The molecule has 0 aromatic carbocycles. The second-order valence-corrected chi connectivity index (χ2v) is 7.14. The van der Waals surface area contributed by atoms with E-state index in [0.29, 0.717) is 12.5 Å². The van der Waals surface area contributed by atoms with Crippen molar-refractivity contribution in [1.82, 2.24) is 25.7 Å². The molecule has 1 saturated heterocycles. The van der Waals surface area contributed by atoms with Gasteiger partial charge in [0.05, 0.1) is 0 Å². The van der Waals surface area contributed by atoms with Crippen LogP contribution in [-0.2, 0) is 17.1 Å². The maximum atomic E-state index is 6.79. The van der Waals surface area contributed by atoms with Crippen LogP contribution in [0.5, 0.6) is 0 Å². The number of rotatable bonds is 2. The van der Waals surface area contributed by atoms with Crippen LogP contribution in [0.25, 0.3) is 0 Å². The molecule has 1 aliphatic rings. The third-order valence-electron chi connectivity index (χ3n) is 3.47. The first-order valence-electron chi connectivity index (χ1n) is 8.00. The molecule has 0 aromatic heterocycles. The second-order valence-electron chi connectivity index (χ2n) is 6.03. The second kappa shape index (κ2) is 13.2. The Morgan fingerprint density at radius 2 is 1.36 bits per heavy atom. The number of hydrogen-bond acceptors (Lipinski definition) is 5. The Kier molecular flexibility index (Phi) is 13.8. The summed E-state index contributed by atoms with van der Waals surface area (Å²) in [7, 11) is 0. The summed E-state index contributed by atoms with van der Waals surface area (Å²) in [5.41, 5.74) is 0. The fraction of sp³-hybridized carbons (Fsp3) is 1.00. The predicted molar refractivity (Wildman–Crippen MR) is 92.1 cm³/mol. The zero-order chi connectivity index (χ0) is 15.6. The maximum absolute atomic E-state index is 6.79. The standard InChI is InChI=1S/C14H31Cl2N5.Mn/c1-13(2)11-14(15)12-20-8-7-18-4-3-17-5-6-19-9-10-21(14)16;/h13,17-20H,3-12H2,1-2H3;/q;+2. The summed E-state index contributed by atoms with van der Waals surface area (Å²) >= 11 is 13.3. The third-order valence-corrected chi connectivity index (χ3v) is 4.54. The third kappa shape index (κ3) is 9.91. The molecule has 5 nitrogen and oxygen atoms in total. The van der Waals surface area contributed by atoms with Crippen molar-refractivity contribution in [3.05, 3.63) is 0 Å². The van der Waals surface area contributed by atoms with Gasteiger partial charge in [-0.05, 0) is 24.1 Å². The van der Waals surface area contributed by atoms with Crippen LogP contribution in [0.1, 0.15) is 20.3 Å². The molecule has 131 valence electrons. The zero-order valence-electron chi connectivity index (χ0n) is 13.7. The van der Waals surface area contributed by atoms with E-state index in [9.17, 15) is 0 Å². The van der Waals surface area contributed by atoms with Crippen molar-refractivity contribution in [2.24, 2.45) is 5.92 Å². The van der Waals surface area contributed by atoms with Gasteiger partial charge in [-0.3, -0.25) is 0 Å². The molecule has 8 heteroatoms. The van der Waals surface area contributed by atoms with Crippen molar-refractivity contribution in [2.45, 2.75) is 25.3 Å². The molecule has 1 radical (unpaired) electrons. The van der Waals surface area contributed by atoms with Gasteiger partial charge in [0, 0.05) is 58.9 Å². The first-order chi connectivity index (χ1) is 10.0. The molecule has 0 aliphatic carbocycles. The van der Waals surface area contributed by atoms with Gasteiger partial charge >= 0.3 is 17.1 Å². The van der Waals surface area contributed by atoms with Gasteiger partial charge in [0.1, 0.15) is 5.00 Å². The molecule has 1 aliphatic heterocycles. The van der Waals surface area contributed by atoms with Crippen LogP contribution < -0.4 is 21.3 Å². The molecule has 22 heavy (non-hydrogen) atoms. The van der Waals surface area contributed by atoms with E-state index in [1.54, 1.807) is 4.42 Å². The van der Waals surface area contributed by atoms with Gasteiger partial charge in [0.2, 0.25) is 0 Å². The summed E-state index contributed by atoms with van der Waals surface area (Å²) in [6, 6.07) is 0. The normalized spacial score (nSPS) is 27.7. The van der Waals surface area contributed by atoms with E-state index < -0.39 is 5.00 Å². The largest absolute Gasteiger partial charge is 2.00 e. The number of halogens is 2. The first-order valence-corrected chi connectivity index (χ1v) is 8.71. The molecule has 0 saturated carbocycles. The SMILES string of the molecule is CC(C)CC1(Cl)CNCCNCCNCCNCCN1Cl.[Mn+2]. The minimum Gasteiger partial charge on any atom is -0.314 e. The van der Waals surface area contributed by atoms with Crippen LogP contribution in [0.3, 0.4) is 0 Å². The Morgan fingerprint density at radius 1 is 0.909 bits per heavy atom. The monoisotopic (exact) mass is 394 g/mol. The molecule has 4 N–H and O–H groups in total. The summed E-state index contributed by atoms with van der Waals surface area (Å²) < 4.78 is 1.76. The minimum atomic E-state index is -0.532. The summed E-state index contributed by atoms with van der Waals surface area (Å²) in [4.78, 5) is -0.532. The van der Waals surface area contributed by atoms with Gasteiger partial charge in [0.15, 0.2) is 0 Å². The predicted octanol–water partition coefficient (Wildman–Crippen LogP) is 0.793. The topological polar surface area (TPSA) is 51.4 Å². The number of alkyl halides is 1. The van der Waals surface area contributed by atoms with Gasteiger partial charge in [-0.1, -0.05) is 25.4 Å². The molecule has 0 spiro atoms. The van der Waals surface area contributed by atoms with E-state index in [2.05, 4.69) is 35.1 Å². The van der Waals surface area contributed by atoms with Gasteiger partial charge in [-0.15, -0.1) is 0 Å². The average Bonchev–Trinajstić information content (AvgIpc) is 2.42. The molecule has 1 rings (SSSR count). The van der Waals surface area contributed by atoms with Crippen molar-refractivity contribution in [1.29, 1.82) is 0 Å². The number of hydrogen-bond donors (Lipinski definition) is 4. The van der Waals surface area contributed by atoms with Crippen LogP contribution in [0, 0.1) is 5.92 Å². The fourth-order valence-corrected chi connectivity index (χ4v) is 3.15. The van der Waals surface area contributed by atoms with Gasteiger partial charge in [-0.2, -0.15) is 4.42 Å². The molecule has 0 amide bonds. The molecule has 0 aromatic rings. The Balaban J connectivity index is 0.00000441. The molecular formula is C14H31Cl2MnN5+2.